The SMILES string of the molecule is N#C/C(=C1\OC(=O)N(c2cccc3ccccc23)C1=O)c1ccccc1. The number of allylic oxidation sites excluding steroid dienone is 1. The molecule has 5 heteroatoms. The molecule has 0 spiro atoms. The largest absolute Gasteiger partial charge is 0.427 e. The Kier molecular flexibility index (Phi) is 3.71. The minimum Gasteiger partial charge on any atom is -0.402 e. The van der Waals surface area contributed by atoms with E-state index < -0.39 is 12.0 Å². The number of cyclic esters (lactones) is 1. The van der Waals surface area contributed by atoms with Crippen LogP contribution < -0.4 is 4.90 Å². The summed E-state index contributed by atoms with van der Waals surface area (Å²) in [4.78, 5) is 26.3. The number of hydrogen-bond acceptors (Lipinski definition) is 4. The number of nitriles is 1. The number of anilines is 1. The van der Waals surface area contributed by atoms with Crippen LogP contribution in [-0.2, 0) is 9.53 Å². The number of amides is 2. The minimum atomic E-state index is -0.815. The summed E-state index contributed by atoms with van der Waals surface area (Å²) < 4.78 is 5.19. The van der Waals surface area contributed by atoms with E-state index in [1.54, 1.807) is 42.5 Å². The van der Waals surface area contributed by atoms with Gasteiger partial charge in [-0.1, -0.05) is 66.7 Å². The van der Waals surface area contributed by atoms with Crippen molar-refractivity contribution in [3.05, 3.63) is 84.1 Å². The maximum Gasteiger partial charge on any atom is 0.427 e. The molecule has 1 aliphatic heterocycles. The van der Waals surface area contributed by atoms with E-state index in [0.29, 0.717) is 11.3 Å². The van der Waals surface area contributed by atoms with E-state index in [0.717, 1.165) is 15.7 Å². The molecule has 0 atom stereocenters. The zero-order valence-electron chi connectivity index (χ0n) is 13.5. The molecule has 0 N–H and O–H groups in total. The van der Waals surface area contributed by atoms with Crippen LogP contribution in [0, 0.1) is 11.3 Å². The van der Waals surface area contributed by atoms with Crippen molar-refractivity contribution in [2.45, 2.75) is 0 Å². The first kappa shape index (κ1) is 15.6. The van der Waals surface area contributed by atoms with Gasteiger partial charge in [0.2, 0.25) is 5.76 Å². The summed E-state index contributed by atoms with van der Waals surface area (Å²) in [5.74, 6) is -0.900. The van der Waals surface area contributed by atoms with Gasteiger partial charge in [0.05, 0.1) is 5.69 Å². The molecule has 0 radical (unpaired) electrons. The Morgan fingerprint density at radius 2 is 1.58 bits per heavy atom. The molecule has 1 fully saturated rings. The van der Waals surface area contributed by atoms with Crippen molar-refractivity contribution in [3.63, 3.8) is 0 Å². The summed E-state index contributed by atoms with van der Waals surface area (Å²) in [6, 6.07) is 23.4. The molecule has 124 valence electrons. The third-order valence-electron chi connectivity index (χ3n) is 4.18. The van der Waals surface area contributed by atoms with E-state index in [1.807, 2.05) is 36.4 Å². The second-order valence-corrected chi connectivity index (χ2v) is 5.69. The molecule has 3 aromatic rings. The highest BCUT2D eigenvalue weighted by Crippen LogP contribution is 2.34. The molecule has 0 unspecified atom stereocenters. The van der Waals surface area contributed by atoms with Crippen LogP contribution in [0.2, 0.25) is 0 Å². The van der Waals surface area contributed by atoms with E-state index in [9.17, 15) is 14.9 Å². The lowest BCUT2D eigenvalue weighted by molar-refractivity contribution is -0.114. The standard InChI is InChI=1S/C21H12N2O3/c22-13-17(15-7-2-1-3-8-15)19-20(24)23(21(25)26-19)18-12-6-10-14-9-4-5-11-16(14)18/h1-12H/b19-17+. The highest BCUT2D eigenvalue weighted by Gasteiger charge is 2.40. The quantitative estimate of drug-likeness (QED) is 0.516. The highest BCUT2D eigenvalue weighted by atomic mass is 16.6. The zero-order valence-corrected chi connectivity index (χ0v) is 13.5. The number of imide groups is 1. The van der Waals surface area contributed by atoms with Gasteiger partial charge >= 0.3 is 12.0 Å². The van der Waals surface area contributed by atoms with Gasteiger partial charge in [0.15, 0.2) is 0 Å². The summed E-state index contributed by atoms with van der Waals surface area (Å²) in [6.07, 6.45) is -0.815. The molecule has 5 nitrogen and oxygen atoms in total. The molecule has 0 bridgehead atoms. The van der Waals surface area contributed by atoms with E-state index >= 15 is 0 Å². The van der Waals surface area contributed by atoms with E-state index in [1.165, 1.54) is 0 Å². The van der Waals surface area contributed by atoms with Gasteiger partial charge in [-0.05, 0) is 17.0 Å². The number of hydrogen-bond donors (Lipinski definition) is 0. The Morgan fingerprint density at radius 1 is 0.885 bits per heavy atom. The van der Waals surface area contributed by atoms with Crippen LogP contribution in [0.15, 0.2) is 78.6 Å². The van der Waals surface area contributed by atoms with E-state index in [-0.39, 0.29) is 11.3 Å². The normalized spacial score (nSPS) is 15.7. The fourth-order valence-corrected chi connectivity index (χ4v) is 2.98. The molecule has 0 saturated carbocycles. The topological polar surface area (TPSA) is 70.4 Å². The Bertz CT molecular complexity index is 1110. The predicted molar refractivity (Wildman–Crippen MR) is 96.9 cm³/mol. The Labute approximate surface area is 149 Å². The molecule has 4 rings (SSSR count). The second kappa shape index (κ2) is 6.19. The van der Waals surface area contributed by atoms with E-state index in [2.05, 4.69) is 0 Å². The van der Waals surface area contributed by atoms with Crippen LogP contribution in [0.4, 0.5) is 10.5 Å². The molecule has 26 heavy (non-hydrogen) atoms. The monoisotopic (exact) mass is 340 g/mol. The molecule has 1 heterocycles. The molecule has 3 aromatic carbocycles. The summed E-state index contributed by atoms with van der Waals surface area (Å²) in [5, 5.41) is 11.1. The lowest BCUT2D eigenvalue weighted by Gasteiger charge is -2.13. The van der Waals surface area contributed by atoms with Crippen molar-refractivity contribution in [3.8, 4) is 6.07 Å². The molecule has 0 aliphatic carbocycles. The van der Waals surface area contributed by atoms with Crippen LogP contribution in [0.25, 0.3) is 16.3 Å². The highest BCUT2D eigenvalue weighted by molar-refractivity contribution is 6.28. The first-order valence-electron chi connectivity index (χ1n) is 7.94. The van der Waals surface area contributed by atoms with Gasteiger partial charge in [0.25, 0.3) is 0 Å². The summed E-state index contributed by atoms with van der Waals surface area (Å²) in [6.45, 7) is 0. The molecular weight excluding hydrogens is 328 g/mol. The fraction of sp³-hybridized carbons (Fsp3) is 0. The smallest absolute Gasteiger partial charge is 0.402 e. The van der Waals surface area contributed by atoms with Gasteiger partial charge < -0.3 is 4.74 Å². The number of nitrogens with zero attached hydrogens (tertiary/aromatic N) is 2. The van der Waals surface area contributed by atoms with Crippen LogP contribution in [0.5, 0.6) is 0 Å². The average molecular weight is 340 g/mol. The maximum atomic E-state index is 12.9. The number of fused-ring (bicyclic) bond motifs is 1. The summed E-state index contributed by atoms with van der Waals surface area (Å²) >= 11 is 0. The molecule has 1 aliphatic rings. The predicted octanol–water partition coefficient (Wildman–Crippen LogP) is 4.26. The number of rotatable bonds is 2. The third-order valence-corrected chi connectivity index (χ3v) is 4.18. The lowest BCUT2D eigenvalue weighted by Crippen LogP contribution is -2.28. The second-order valence-electron chi connectivity index (χ2n) is 5.69. The summed E-state index contributed by atoms with van der Waals surface area (Å²) in [5.41, 5.74) is 0.982. The van der Waals surface area contributed by atoms with Crippen molar-refractivity contribution in [2.75, 3.05) is 4.90 Å². The number of benzene rings is 3. The average Bonchev–Trinajstić information content (AvgIpc) is 2.97. The maximum absolute atomic E-state index is 12.9. The first-order valence-corrected chi connectivity index (χ1v) is 7.94. The van der Waals surface area contributed by atoms with Crippen molar-refractivity contribution in [1.29, 1.82) is 5.26 Å². The van der Waals surface area contributed by atoms with Gasteiger partial charge in [-0.3, -0.25) is 4.79 Å². The van der Waals surface area contributed by atoms with Crippen molar-refractivity contribution in [2.24, 2.45) is 0 Å². The van der Waals surface area contributed by atoms with Gasteiger partial charge in [0, 0.05) is 5.39 Å². The number of carbonyl (C=O) groups excluding carboxylic acids is 2. The van der Waals surface area contributed by atoms with Crippen molar-refractivity contribution in [1.82, 2.24) is 0 Å². The zero-order chi connectivity index (χ0) is 18.1. The molecule has 2 amide bonds. The number of carbonyl (C=O) groups is 2. The number of ether oxygens (including phenoxy) is 1. The van der Waals surface area contributed by atoms with Crippen LogP contribution in [0.3, 0.4) is 0 Å². The summed E-state index contributed by atoms with van der Waals surface area (Å²) in [7, 11) is 0. The van der Waals surface area contributed by atoms with Crippen LogP contribution in [-0.4, -0.2) is 12.0 Å². The Hall–Kier alpha value is -3.91. The first-order chi connectivity index (χ1) is 12.7. The van der Waals surface area contributed by atoms with Crippen molar-refractivity contribution >= 4 is 34.0 Å². The molecular formula is C21H12N2O3. The minimum absolute atomic E-state index is 0.0340. The van der Waals surface area contributed by atoms with Gasteiger partial charge in [-0.15, -0.1) is 0 Å². The van der Waals surface area contributed by atoms with Crippen LogP contribution in [0.1, 0.15) is 5.56 Å². The third kappa shape index (κ3) is 2.41. The van der Waals surface area contributed by atoms with Gasteiger partial charge in [0.1, 0.15) is 11.6 Å². The lowest BCUT2D eigenvalue weighted by atomic mass is 10.1. The molecule has 1 saturated heterocycles. The van der Waals surface area contributed by atoms with Crippen LogP contribution >= 0.6 is 0 Å². The van der Waals surface area contributed by atoms with E-state index in [4.69, 9.17) is 4.74 Å². The van der Waals surface area contributed by atoms with Gasteiger partial charge in [-0.2, -0.15) is 5.26 Å². The Morgan fingerprint density at radius 3 is 2.35 bits per heavy atom. The Balaban J connectivity index is 1.86. The van der Waals surface area contributed by atoms with Gasteiger partial charge in [-0.25, -0.2) is 9.69 Å². The molecule has 0 aromatic heterocycles. The van der Waals surface area contributed by atoms with Crippen molar-refractivity contribution < 1.29 is 14.3 Å². The fourth-order valence-electron chi connectivity index (χ4n) is 2.98.